The number of hydrogen-bond acceptors (Lipinski definition) is 1. The first-order chi connectivity index (χ1) is 8.16. The van der Waals surface area contributed by atoms with Crippen LogP contribution in [0, 0.1) is 6.92 Å². The highest BCUT2D eigenvalue weighted by Gasteiger charge is 2.03. The van der Waals surface area contributed by atoms with Crippen molar-refractivity contribution in [3.8, 4) is 11.1 Å². The molecule has 0 unspecified atom stereocenters. The van der Waals surface area contributed by atoms with Crippen LogP contribution in [0.25, 0.3) is 11.1 Å². The van der Waals surface area contributed by atoms with Crippen LogP contribution in [0.5, 0.6) is 0 Å². The van der Waals surface area contributed by atoms with Crippen LogP contribution in [-0.4, -0.2) is 4.98 Å². The number of hydrogen-bond donors (Lipinski definition) is 0. The van der Waals surface area contributed by atoms with Crippen molar-refractivity contribution < 1.29 is 0 Å². The minimum absolute atomic E-state index is 0.642. The average Bonchev–Trinajstić information content (AvgIpc) is 2.33. The summed E-state index contributed by atoms with van der Waals surface area (Å²) in [5, 5.41) is 1.29. The fourth-order valence-corrected chi connectivity index (χ4v) is 1.87. The summed E-state index contributed by atoms with van der Waals surface area (Å²) in [5.74, 6) is 0. The zero-order valence-corrected chi connectivity index (χ0v) is 11.7. The zero-order valence-electron chi connectivity index (χ0n) is 10.2. The predicted molar refractivity (Wildman–Crippen MR) is 75.8 cm³/mol. The molecule has 1 aromatic heterocycles. The molecule has 0 bridgehead atoms. The molecule has 0 aliphatic rings. The maximum absolute atomic E-state index is 6.09. The highest BCUT2D eigenvalue weighted by molar-refractivity contribution is 6.36. The normalized spacial score (nSPS) is 9.47. The van der Waals surface area contributed by atoms with Crippen LogP contribution in [0.4, 0.5) is 0 Å². The lowest BCUT2D eigenvalue weighted by Crippen LogP contribution is -1.83. The molecule has 0 aliphatic heterocycles. The lowest BCUT2D eigenvalue weighted by molar-refractivity contribution is 1.20. The first-order valence-electron chi connectivity index (χ1n) is 5.55. The van der Waals surface area contributed by atoms with E-state index >= 15 is 0 Å². The molecule has 2 rings (SSSR count). The minimum Gasteiger partial charge on any atom is -0.261 e. The minimum atomic E-state index is 0.642. The molecule has 1 nitrogen and oxygen atoms in total. The topological polar surface area (TPSA) is 12.9 Å². The largest absolute Gasteiger partial charge is 0.261 e. The van der Waals surface area contributed by atoms with Gasteiger partial charge in [0.1, 0.15) is 0 Å². The van der Waals surface area contributed by atoms with E-state index in [2.05, 4.69) is 4.98 Å². The van der Waals surface area contributed by atoms with Crippen LogP contribution in [0.15, 0.2) is 36.5 Å². The molecule has 0 spiro atoms. The first kappa shape index (κ1) is 14.0. The molecule has 0 radical (unpaired) electrons. The van der Waals surface area contributed by atoms with E-state index in [9.17, 15) is 0 Å². The predicted octanol–water partition coefficient (Wildman–Crippen LogP) is 5.39. The third kappa shape index (κ3) is 3.72. The fraction of sp³-hybridized carbons (Fsp3) is 0.214. The van der Waals surface area contributed by atoms with Gasteiger partial charge in [-0.05, 0) is 25.1 Å². The van der Waals surface area contributed by atoms with Gasteiger partial charge in [-0.3, -0.25) is 4.98 Å². The van der Waals surface area contributed by atoms with Gasteiger partial charge in [-0.15, -0.1) is 0 Å². The second-order valence-corrected chi connectivity index (χ2v) is 4.16. The molecule has 1 heterocycles. The molecule has 0 fully saturated rings. The van der Waals surface area contributed by atoms with Gasteiger partial charge in [0.2, 0.25) is 0 Å². The van der Waals surface area contributed by atoms with Crippen molar-refractivity contribution >= 4 is 23.2 Å². The SMILES string of the molecule is CC.Cc1ccc(-c2ccc(Cl)cc2Cl)cn1. The molecule has 3 heteroatoms. The zero-order chi connectivity index (χ0) is 12.8. The van der Waals surface area contributed by atoms with Gasteiger partial charge in [-0.25, -0.2) is 0 Å². The van der Waals surface area contributed by atoms with Crippen molar-refractivity contribution in [2.24, 2.45) is 0 Å². The molecular formula is C14H15Cl2N. The van der Waals surface area contributed by atoms with E-state index in [1.165, 1.54) is 0 Å². The van der Waals surface area contributed by atoms with Gasteiger partial charge in [0.05, 0.1) is 0 Å². The van der Waals surface area contributed by atoms with E-state index in [4.69, 9.17) is 23.2 Å². The van der Waals surface area contributed by atoms with E-state index in [1.54, 1.807) is 6.07 Å². The van der Waals surface area contributed by atoms with Crippen LogP contribution in [0.3, 0.4) is 0 Å². The van der Waals surface area contributed by atoms with Crippen LogP contribution in [-0.2, 0) is 0 Å². The quantitative estimate of drug-likeness (QED) is 0.675. The summed E-state index contributed by atoms with van der Waals surface area (Å²) in [5.41, 5.74) is 2.94. The third-order valence-corrected chi connectivity index (χ3v) is 2.70. The third-order valence-electron chi connectivity index (χ3n) is 2.15. The molecule has 2 aromatic rings. The lowest BCUT2D eigenvalue weighted by atomic mass is 10.1. The number of rotatable bonds is 1. The molecule has 0 atom stereocenters. The van der Waals surface area contributed by atoms with E-state index in [0.29, 0.717) is 10.0 Å². The highest BCUT2D eigenvalue weighted by atomic mass is 35.5. The number of halogens is 2. The van der Waals surface area contributed by atoms with Gasteiger partial charge >= 0.3 is 0 Å². The molecular weight excluding hydrogens is 253 g/mol. The van der Waals surface area contributed by atoms with Gasteiger partial charge < -0.3 is 0 Å². The van der Waals surface area contributed by atoms with E-state index in [-0.39, 0.29) is 0 Å². The Hall–Kier alpha value is -1.05. The molecule has 0 saturated carbocycles. The van der Waals surface area contributed by atoms with Crippen LogP contribution in [0.2, 0.25) is 10.0 Å². The smallest absolute Gasteiger partial charge is 0.0499 e. The summed E-state index contributed by atoms with van der Waals surface area (Å²) < 4.78 is 0. The number of aryl methyl sites for hydroxylation is 1. The molecule has 0 aliphatic carbocycles. The Morgan fingerprint density at radius 1 is 1.00 bits per heavy atom. The maximum Gasteiger partial charge on any atom is 0.0499 e. The number of nitrogens with zero attached hydrogens (tertiary/aromatic N) is 1. The second-order valence-electron chi connectivity index (χ2n) is 3.31. The van der Waals surface area contributed by atoms with Crippen molar-refractivity contribution in [1.82, 2.24) is 4.98 Å². The monoisotopic (exact) mass is 267 g/mol. The van der Waals surface area contributed by atoms with E-state index < -0.39 is 0 Å². The van der Waals surface area contributed by atoms with Gasteiger partial charge in [0, 0.05) is 33.1 Å². The van der Waals surface area contributed by atoms with Crippen molar-refractivity contribution in [1.29, 1.82) is 0 Å². The standard InChI is InChI=1S/C12H9Cl2N.C2H6/c1-8-2-3-9(7-15-8)11-5-4-10(13)6-12(11)14;1-2/h2-7H,1H3;1-2H3. The van der Waals surface area contributed by atoms with Gasteiger partial charge in [-0.2, -0.15) is 0 Å². The Morgan fingerprint density at radius 3 is 2.24 bits per heavy atom. The first-order valence-corrected chi connectivity index (χ1v) is 6.30. The molecule has 90 valence electrons. The van der Waals surface area contributed by atoms with Crippen molar-refractivity contribution in [3.63, 3.8) is 0 Å². The van der Waals surface area contributed by atoms with Crippen molar-refractivity contribution in [3.05, 3.63) is 52.3 Å². The number of aromatic nitrogens is 1. The van der Waals surface area contributed by atoms with E-state index in [0.717, 1.165) is 16.8 Å². The van der Waals surface area contributed by atoms with Gasteiger partial charge in [0.15, 0.2) is 0 Å². The number of pyridine rings is 1. The average molecular weight is 268 g/mol. The molecule has 0 amide bonds. The maximum atomic E-state index is 6.09. The Kier molecular flexibility index (Phi) is 5.46. The summed E-state index contributed by atoms with van der Waals surface area (Å²) in [6, 6.07) is 9.41. The summed E-state index contributed by atoms with van der Waals surface area (Å²) >= 11 is 11.9. The van der Waals surface area contributed by atoms with Crippen LogP contribution in [0.1, 0.15) is 19.5 Å². The van der Waals surface area contributed by atoms with Crippen LogP contribution >= 0.6 is 23.2 Å². The lowest BCUT2D eigenvalue weighted by Gasteiger charge is -2.04. The summed E-state index contributed by atoms with van der Waals surface area (Å²) in [6.45, 7) is 5.95. The van der Waals surface area contributed by atoms with Crippen molar-refractivity contribution in [2.75, 3.05) is 0 Å². The van der Waals surface area contributed by atoms with Gasteiger partial charge in [0.25, 0.3) is 0 Å². The summed E-state index contributed by atoms with van der Waals surface area (Å²) in [6.07, 6.45) is 1.81. The second kappa shape index (κ2) is 6.63. The van der Waals surface area contributed by atoms with Gasteiger partial charge in [-0.1, -0.05) is 49.2 Å². The molecule has 1 aromatic carbocycles. The van der Waals surface area contributed by atoms with E-state index in [1.807, 2.05) is 51.2 Å². The summed E-state index contributed by atoms with van der Waals surface area (Å²) in [4.78, 5) is 4.23. The Bertz CT molecular complexity index is 478. The Balaban J connectivity index is 0.000000686. The molecule has 0 saturated heterocycles. The van der Waals surface area contributed by atoms with Crippen LogP contribution < -0.4 is 0 Å². The van der Waals surface area contributed by atoms with Crippen molar-refractivity contribution in [2.45, 2.75) is 20.8 Å². The molecule has 17 heavy (non-hydrogen) atoms. The molecule has 0 N–H and O–H groups in total. The summed E-state index contributed by atoms with van der Waals surface area (Å²) in [7, 11) is 0. The Morgan fingerprint density at radius 2 is 1.71 bits per heavy atom. The fourth-order valence-electron chi connectivity index (χ4n) is 1.35. The number of benzene rings is 1. The Labute approximate surface area is 112 Å². The highest BCUT2D eigenvalue weighted by Crippen LogP contribution is 2.29.